The summed E-state index contributed by atoms with van der Waals surface area (Å²) in [5, 5.41) is 8.89. The molecule has 0 N–H and O–H groups in total. The Hall–Kier alpha value is -1.87. The number of hydrogen-bond donors (Lipinski definition) is 0. The van der Waals surface area contributed by atoms with Crippen molar-refractivity contribution in [3.8, 4) is 11.9 Å². The fraction of sp³-hybridized carbons (Fsp3) is 0.583. The summed E-state index contributed by atoms with van der Waals surface area (Å²) in [7, 11) is 1.58. The number of aromatic nitrogens is 2. The lowest BCUT2D eigenvalue weighted by molar-refractivity contribution is 0.231. The first-order valence-electron chi connectivity index (χ1n) is 5.99. The van der Waals surface area contributed by atoms with E-state index >= 15 is 0 Å². The van der Waals surface area contributed by atoms with Gasteiger partial charge >= 0.3 is 0 Å². The van der Waals surface area contributed by atoms with Gasteiger partial charge in [0, 0.05) is 26.2 Å². The van der Waals surface area contributed by atoms with Crippen molar-refractivity contribution >= 4 is 5.82 Å². The Labute approximate surface area is 107 Å². The van der Waals surface area contributed by atoms with E-state index in [1.54, 1.807) is 19.5 Å². The van der Waals surface area contributed by atoms with Gasteiger partial charge in [0.1, 0.15) is 0 Å². The Morgan fingerprint density at radius 2 is 2.06 bits per heavy atom. The molecule has 0 aromatic carbocycles. The first-order valence-corrected chi connectivity index (χ1v) is 5.99. The summed E-state index contributed by atoms with van der Waals surface area (Å²) in [5.74, 6) is 1.36. The van der Waals surface area contributed by atoms with E-state index in [1.165, 1.54) is 0 Å². The van der Waals surface area contributed by atoms with E-state index in [0.29, 0.717) is 5.88 Å². The fourth-order valence-electron chi connectivity index (χ4n) is 2.01. The lowest BCUT2D eigenvalue weighted by Crippen LogP contribution is -2.49. The lowest BCUT2D eigenvalue weighted by Gasteiger charge is -2.36. The lowest BCUT2D eigenvalue weighted by atomic mass is 10.2. The van der Waals surface area contributed by atoms with Crippen LogP contribution in [0.1, 0.15) is 6.92 Å². The highest BCUT2D eigenvalue weighted by atomic mass is 16.5. The Kier molecular flexibility index (Phi) is 3.95. The number of hydrogen-bond acceptors (Lipinski definition) is 6. The minimum absolute atomic E-state index is 0.0245. The zero-order chi connectivity index (χ0) is 13.0. The first kappa shape index (κ1) is 12.6. The minimum Gasteiger partial charge on any atom is -0.480 e. The molecule has 0 amide bonds. The van der Waals surface area contributed by atoms with Crippen molar-refractivity contribution in [3.63, 3.8) is 0 Å². The van der Waals surface area contributed by atoms with Crippen LogP contribution in [0, 0.1) is 11.3 Å². The molecule has 1 aromatic rings. The van der Waals surface area contributed by atoms with Crippen LogP contribution in [0.2, 0.25) is 0 Å². The largest absolute Gasteiger partial charge is 0.480 e. The number of nitriles is 1. The molecule has 18 heavy (non-hydrogen) atoms. The summed E-state index contributed by atoms with van der Waals surface area (Å²) in [6.45, 7) is 5.38. The molecule has 96 valence electrons. The summed E-state index contributed by atoms with van der Waals surface area (Å²) in [6, 6.07) is 2.24. The second kappa shape index (κ2) is 5.65. The highest BCUT2D eigenvalue weighted by Gasteiger charge is 2.21. The molecule has 1 aliphatic rings. The predicted octanol–water partition coefficient (Wildman–Crippen LogP) is 0.519. The van der Waals surface area contributed by atoms with Gasteiger partial charge in [-0.2, -0.15) is 10.2 Å². The highest BCUT2D eigenvalue weighted by molar-refractivity contribution is 5.38. The van der Waals surface area contributed by atoms with Crippen LogP contribution in [-0.4, -0.2) is 54.2 Å². The van der Waals surface area contributed by atoms with Crippen LogP contribution in [0.15, 0.2) is 12.4 Å². The van der Waals surface area contributed by atoms with Crippen molar-refractivity contribution in [3.05, 3.63) is 12.4 Å². The Morgan fingerprint density at radius 1 is 1.33 bits per heavy atom. The SMILES string of the molecule is COc1cncc(N2CCN([C@@H](C)C#N)CC2)n1. The normalized spacial score (nSPS) is 18.2. The van der Waals surface area contributed by atoms with Crippen molar-refractivity contribution in [1.82, 2.24) is 14.9 Å². The van der Waals surface area contributed by atoms with Crippen LogP contribution >= 0.6 is 0 Å². The monoisotopic (exact) mass is 247 g/mol. The summed E-state index contributed by atoms with van der Waals surface area (Å²) >= 11 is 0. The van der Waals surface area contributed by atoms with Crippen LogP contribution in [0.5, 0.6) is 5.88 Å². The van der Waals surface area contributed by atoms with Gasteiger partial charge in [-0.15, -0.1) is 0 Å². The fourth-order valence-corrected chi connectivity index (χ4v) is 2.01. The third-order valence-corrected chi connectivity index (χ3v) is 3.18. The van der Waals surface area contributed by atoms with Crippen LogP contribution in [0.25, 0.3) is 0 Å². The van der Waals surface area contributed by atoms with Gasteiger partial charge in [-0.3, -0.25) is 9.88 Å². The van der Waals surface area contributed by atoms with Crippen LogP contribution in [0.3, 0.4) is 0 Å². The third-order valence-electron chi connectivity index (χ3n) is 3.18. The molecular formula is C12H17N5O. The quantitative estimate of drug-likeness (QED) is 0.776. The molecular weight excluding hydrogens is 230 g/mol. The maximum atomic E-state index is 8.89. The third kappa shape index (κ3) is 2.68. The molecule has 0 saturated carbocycles. The van der Waals surface area contributed by atoms with E-state index in [2.05, 4.69) is 25.8 Å². The van der Waals surface area contributed by atoms with E-state index in [9.17, 15) is 0 Å². The van der Waals surface area contributed by atoms with Gasteiger partial charge in [0.05, 0.1) is 31.6 Å². The molecule has 0 bridgehead atoms. The van der Waals surface area contributed by atoms with E-state index < -0.39 is 0 Å². The molecule has 2 heterocycles. The van der Waals surface area contributed by atoms with Gasteiger partial charge in [-0.1, -0.05) is 0 Å². The maximum Gasteiger partial charge on any atom is 0.233 e. The number of anilines is 1. The van der Waals surface area contributed by atoms with Crippen molar-refractivity contribution in [1.29, 1.82) is 5.26 Å². The first-order chi connectivity index (χ1) is 8.74. The Bertz CT molecular complexity index is 436. The van der Waals surface area contributed by atoms with Gasteiger partial charge in [0.15, 0.2) is 5.82 Å². The zero-order valence-corrected chi connectivity index (χ0v) is 10.7. The molecule has 1 aromatic heterocycles. The smallest absolute Gasteiger partial charge is 0.233 e. The highest BCUT2D eigenvalue weighted by Crippen LogP contribution is 2.16. The molecule has 0 unspecified atom stereocenters. The number of rotatable bonds is 3. The summed E-state index contributed by atoms with van der Waals surface area (Å²) in [5.41, 5.74) is 0. The van der Waals surface area contributed by atoms with E-state index in [-0.39, 0.29) is 6.04 Å². The molecule has 2 rings (SSSR count). The molecule has 1 atom stereocenters. The molecule has 0 radical (unpaired) electrons. The summed E-state index contributed by atoms with van der Waals surface area (Å²) < 4.78 is 5.07. The standard InChI is InChI=1S/C12H17N5O/c1-10(7-13)16-3-5-17(6-4-16)11-8-14-9-12(15-11)18-2/h8-10H,3-6H2,1-2H3/t10-/m0/s1. The van der Waals surface area contributed by atoms with Crippen LogP contribution in [0.4, 0.5) is 5.82 Å². The van der Waals surface area contributed by atoms with Gasteiger partial charge in [-0.25, -0.2) is 0 Å². The molecule has 1 fully saturated rings. The second-order valence-corrected chi connectivity index (χ2v) is 4.25. The van der Waals surface area contributed by atoms with Crippen LogP contribution in [-0.2, 0) is 0 Å². The van der Waals surface area contributed by atoms with E-state index in [1.807, 2.05) is 6.92 Å². The minimum atomic E-state index is -0.0245. The van der Waals surface area contributed by atoms with Gasteiger partial charge in [0.25, 0.3) is 0 Å². The Morgan fingerprint density at radius 3 is 2.67 bits per heavy atom. The summed E-state index contributed by atoms with van der Waals surface area (Å²) in [4.78, 5) is 12.8. The molecule has 1 aliphatic heterocycles. The van der Waals surface area contributed by atoms with Gasteiger partial charge in [-0.05, 0) is 6.92 Å². The van der Waals surface area contributed by atoms with Gasteiger partial charge in [0.2, 0.25) is 5.88 Å². The van der Waals surface area contributed by atoms with Crippen LogP contribution < -0.4 is 9.64 Å². The number of nitrogens with zero attached hydrogens (tertiary/aromatic N) is 5. The predicted molar refractivity (Wildman–Crippen MR) is 67.4 cm³/mol. The topological polar surface area (TPSA) is 65.3 Å². The van der Waals surface area contributed by atoms with E-state index in [4.69, 9.17) is 10.00 Å². The summed E-state index contributed by atoms with van der Waals surface area (Å²) in [6.07, 6.45) is 3.34. The van der Waals surface area contributed by atoms with Crippen molar-refractivity contribution in [2.24, 2.45) is 0 Å². The average molecular weight is 247 g/mol. The van der Waals surface area contributed by atoms with Crippen molar-refractivity contribution < 1.29 is 4.74 Å². The molecule has 6 nitrogen and oxygen atoms in total. The second-order valence-electron chi connectivity index (χ2n) is 4.25. The Balaban J connectivity index is 1.99. The average Bonchev–Trinajstić information content (AvgIpc) is 2.46. The van der Waals surface area contributed by atoms with Gasteiger partial charge < -0.3 is 9.64 Å². The number of ether oxygens (including phenoxy) is 1. The zero-order valence-electron chi connectivity index (χ0n) is 10.7. The number of piperazine rings is 1. The van der Waals surface area contributed by atoms with Crippen molar-refractivity contribution in [2.75, 3.05) is 38.2 Å². The van der Waals surface area contributed by atoms with Crippen molar-refractivity contribution in [2.45, 2.75) is 13.0 Å². The molecule has 6 heteroatoms. The number of methoxy groups -OCH3 is 1. The molecule has 0 spiro atoms. The molecule has 1 saturated heterocycles. The van der Waals surface area contributed by atoms with E-state index in [0.717, 1.165) is 32.0 Å². The molecule has 0 aliphatic carbocycles. The maximum absolute atomic E-state index is 8.89.